The van der Waals surface area contributed by atoms with Crippen LogP contribution < -0.4 is 0 Å². The highest BCUT2D eigenvalue weighted by Gasteiger charge is 2.25. The van der Waals surface area contributed by atoms with Crippen molar-refractivity contribution in [3.63, 3.8) is 0 Å². The highest BCUT2D eigenvalue weighted by atomic mass is 16.4. The summed E-state index contributed by atoms with van der Waals surface area (Å²) in [5.74, 6) is -5.85. The molecule has 0 radical (unpaired) electrons. The van der Waals surface area contributed by atoms with Crippen molar-refractivity contribution in [1.29, 1.82) is 0 Å². The van der Waals surface area contributed by atoms with Gasteiger partial charge in [-0.2, -0.15) is 0 Å². The summed E-state index contributed by atoms with van der Waals surface area (Å²) in [4.78, 5) is 30.3. The standard InChI is InChI=1S/C6H8O6/c7-4(8)2-1-3(5(9)10)6(11)12/h3H,1-2H2,(H,7,8)(H,9,10)(H,11,12). The third-order valence-corrected chi connectivity index (χ3v) is 1.24. The summed E-state index contributed by atoms with van der Waals surface area (Å²) in [5.41, 5.74) is 0. The number of carboxylic acids is 3. The molecule has 0 bridgehead atoms. The summed E-state index contributed by atoms with van der Waals surface area (Å²) < 4.78 is 0. The average Bonchev–Trinajstić information content (AvgIpc) is 1.84. The lowest BCUT2D eigenvalue weighted by molar-refractivity contribution is -0.155. The fourth-order valence-corrected chi connectivity index (χ4v) is 0.620. The van der Waals surface area contributed by atoms with Gasteiger partial charge in [0.2, 0.25) is 0 Å². The first-order valence-corrected chi connectivity index (χ1v) is 3.12. The Morgan fingerprint density at radius 2 is 1.42 bits per heavy atom. The molecule has 6 nitrogen and oxygen atoms in total. The van der Waals surface area contributed by atoms with Gasteiger partial charge in [0.1, 0.15) is 0 Å². The van der Waals surface area contributed by atoms with Crippen LogP contribution in [-0.2, 0) is 14.4 Å². The first kappa shape index (κ1) is 10.4. The maximum atomic E-state index is 10.2. The van der Waals surface area contributed by atoms with Crippen molar-refractivity contribution in [3.05, 3.63) is 0 Å². The zero-order valence-corrected chi connectivity index (χ0v) is 6.06. The van der Waals surface area contributed by atoms with Gasteiger partial charge in [0.25, 0.3) is 0 Å². The quantitative estimate of drug-likeness (QED) is 0.493. The number of carboxylic acid groups (broad SMARTS) is 3. The lowest BCUT2D eigenvalue weighted by atomic mass is 10.0. The van der Waals surface area contributed by atoms with Crippen molar-refractivity contribution < 1.29 is 29.7 Å². The zero-order chi connectivity index (χ0) is 9.72. The number of carbonyl (C=O) groups is 3. The monoisotopic (exact) mass is 176 g/mol. The number of hydrogen-bond acceptors (Lipinski definition) is 3. The van der Waals surface area contributed by atoms with E-state index in [1.165, 1.54) is 0 Å². The summed E-state index contributed by atoms with van der Waals surface area (Å²) in [7, 11) is 0. The smallest absolute Gasteiger partial charge is 0.317 e. The number of hydrogen-bond donors (Lipinski definition) is 3. The molecule has 0 atom stereocenters. The molecule has 3 N–H and O–H groups in total. The van der Waals surface area contributed by atoms with E-state index in [0.717, 1.165) is 0 Å². The fraction of sp³-hybridized carbons (Fsp3) is 0.500. The molecule has 0 spiro atoms. The number of rotatable bonds is 5. The van der Waals surface area contributed by atoms with Crippen LogP contribution in [0.1, 0.15) is 12.8 Å². The topological polar surface area (TPSA) is 112 Å². The van der Waals surface area contributed by atoms with Crippen LogP contribution in [0, 0.1) is 5.92 Å². The molecule has 12 heavy (non-hydrogen) atoms. The van der Waals surface area contributed by atoms with E-state index < -0.39 is 30.2 Å². The minimum atomic E-state index is -1.62. The van der Waals surface area contributed by atoms with E-state index in [9.17, 15) is 14.4 Å². The van der Waals surface area contributed by atoms with Gasteiger partial charge in [-0.1, -0.05) is 0 Å². The van der Waals surface area contributed by atoms with Crippen molar-refractivity contribution >= 4 is 17.9 Å². The van der Waals surface area contributed by atoms with Gasteiger partial charge in [-0.25, -0.2) is 0 Å². The molecule has 0 aliphatic carbocycles. The summed E-state index contributed by atoms with van der Waals surface area (Å²) in [6, 6.07) is 0. The molecule has 0 saturated carbocycles. The van der Waals surface area contributed by atoms with Crippen LogP contribution in [0.15, 0.2) is 0 Å². The number of aliphatic carboxylic acids is 3. The second-order valence-corrected chi connectivity index (χ2v) is 2.16. The second-order valence-electron chi connectivity index (χ2n) is 2.16. The van der Waals surface area contributed by atoms with Gasteiger partial charge in [0, 0.05) is 6.42 Å². The first-order chi connectivity index (χ1) is 5.45. The molecule has 0 rings (SSSR count). The van der Waals surface area contributed by atoms with Gasteiger partial charge in [-0.15, -0.1) is 0 Å². The molecule has 0 aromatic heterocycles. The zero-order valence-electron chi connectivity index (χ0n) is 6.06. The molecule has 6 heteroatoms. The Morgan fingerprint density at radius 1 is 1.00 bits per heavy atom. The minimum absolute atomic E-state index is 0.389. The molecular formula is C6H8O6. The predicted octanol–water partition coefficient (Wildman–Crippen LogP) is -0.363. The molecule has 0 saturated heterocycles. The van der Waals surface area contributed by atoms with Crippen LogP contribution in [0.2, 0.25) is 0 Å². The fourth-order valence-electron chi connectivity index (χ4n) is 0.620. The van der Waals surface area contributed by atoms with Crippen LogP contribution in [0.5, 0.6) is 0 Å². The van der Waals surface area contributed by atoms with Gasteiger partial charge in [0.05, 0.1) is 0 Å². The van der Waals surface area contributed by atoms with Crippen molar-refractivity contribution in [1.82, 2.24) is 0 Å². The van der Waals surface area contributed by atoms with Crippen LogP contribution in [0.25, 0.3) is 0 Å². The molecule has 0 aliphatic rings. The van der Waals surface area contributed by atoms with Crippen molar-refractivity contribution in [2.75, 3.05) is 0 Å². The Balaban J connectivity index is 4.06. The first-order valence-electron chi connectivity index (χ1n) is 3.12. The third-order valence-electron chi connectivity index (χ3n) is 1.24. The highest BCUT2D eigenvalue weighted by molar-refractivity contribution is 5.93. The van der Waals surface area contributed by atoms with Gasteiger partial charge in [0.15, 0.2) is 5.92 Å². The van der Waals surface area contributed by atoms with Crippen LogP contribution in [0.3, 0.4) is 0 Å². The molecule has 0 aliphatic heterocycles. The Morgan fingerprint density at radius 3 is 1.67 bits per heavy atom. The lowest BCUT2D eigenvalue weighted by Crippen LogP contribution is -2.24. The SMILES string of the molecule is O=C(O)CCC(C(=O)O)C(=O)O. The molecule has 0 amide bonds. The van der Waals surface area contributed by atoms with E-state index in [4.69, 9.17) is 15.3 Å². The van der Waals surface area contributed by atoms with Crippen LogP contribution in [0.4, 0.5) is 0 Å². The summed E-state index contributed by atoms with van der Waals surface area (Å²) in [6.45, 7) is 0. The van der Waals surface area contributed by atoms with Gasteiger partial charge in [-0.3, -0.25) is 14.4 Å². The maximum absolute atomic E-state index is 10.2. The molecular weight excluding hydrogens is 168 g/mol. The molecule has 0 unspecified atom stereocenters. The molecule has 0 aromatic rings. The summed E-state index contributed by atoms with van der Waals surface area (Å²) in [6.07, 6.45) is -0.844. The van der Waals surface area contributed by atoms with Crippen molar-refractivity contribution in [2.24, 2.45) is 5.92 Å². The van der Waals surface area contributed by atoms with E-state index in [2.05, 4.69) is 0 Å². The van der Waals surface area contributed by atoms with Crippen LogP contribution >= 0.6 is 0 Å². The molecule has 0 aromatic carbocycles. The second kappa shape index (κ2) is 4.32. The van der Waals surface area contributed by atoms with Crippen molar-refractivity contribution in [2.45, 2.75) is 12.8 Å². The Kier molecular flexibility index (Phi) is 3.75. The largest absolute Gasteiger partial charge is 0.481 e. The highest BCUT2D eigenvalue weighted by Crippen LogP contribution is 2.06. The maximum Gasteiger partial charge on any atom is 0.317 e. The normalized spacial score (nSPS) is 9.75. The van der Waals surface area contributed by atoms with E-state index in [1.54, 1.807) is 0 Å². The van der Waals surface area contributed by atoms with E-state index in [1.807, 2.05) is 0 Å². The van der Waals surface area contributed by atoms with E-state index >= 15 is 0 Å². The Bertz CT molecular complexity index is 194. The minimum Gasteiger partial charge on any atom is -0.481 e. The van der Waals surface area contributed by atoms with Gasteiger partial charge < -0.3 is 15.3 Å². The molecule has 68 valence electrons. The van der Waals surface area contributed by atoms with E-state index in [0.29, 0.717) is 0 Å². The Hall–Kier alpha value is -1.59. The average molecular weight is 176 g/mol. The summed E-state index contributed by atoms with van der Waals surface area (Å²) in [5, 5.41) is 24.7. The van der Waals surface area contributed by atoms with Gasteiger partial charge in [-0.05, 0) is 6.42 Å². The molecule has 0 heterocycles. The van der Waals surface area contributed by atoms with Gasteiger partial charge >= 0.3 is 17.9 Å². The van der Waals surface area contributed by atoms with E-state index in [-0.39, 0.29) is 6.42 Å². The predicted molar refractivity (Wildman–Crippen MR) is 35.6 cm³/mol. The van der Waals surface area contributed by atoms with Crippen LogP contribution in [-0.4, -0.2) is 33.2 Å². The summed E-state index contributed by atoms with van der Waals surface area (Å²) >= 11 is 0. The third kappa shape index (κ3) is 3.55. The molecule has 0 fully saturated rings. The lowest BCUT2D eigenvalue weighted by Gasteiger charge is -2.03. The van der Waals surface area contributed by atoms with Crippen molar-refractivity contribution in [3.8, 4) is 0 Å². The Labute approximate surface area is 67.4 Å².